The minimum absolute atomic E-state index is 0.0742. The molecule has 1 amide bonds. The maximum atomic E-state index is 12.2. The van der Waals surface area contributed by atoms with Gasteiger partial charge in [-0.2, -0.15) is 0 Å². The molecule has 170 valence electrons. The van der Waals surface area contributed by atoms with E-state index in [1.165, 1.54) is 9.87 Å². The van der Waals surface area contributed by atoms with Crippen molar-refractivity contribution in [3.05, 3.63) is 54.1 Å². The first-order chi connectivity index (χ1) is 14.8. The predicted molar refractivity (Wildman–Crippen MR) is 123 cm³/mol. The molecular weight excluding hydrogens is 416 g/mol. The normalized spacial score (nSPS) is 11.1. The number of ether oxygens (including phenoxy) is 2. The number of carbonyl (C=O) groups is 1. The lowest BCUT2D eigenvalue weighted by Gasteiger charge is -2.22. The zero-order valence-electron chi connectivity index (χ0n) is 18.5. The first-order valence-corrected chi connectivity index (χ1v) is 12.3. The molecule has 0 unspecified atom stereocenters. The molecule has 31 heavy (non-hydrogen) atoms. The van der Waals surface area contributed by atoms with Gasteiger partial charge in [0, 0.05) is 19.5 Å². The van der Waals surface area contributed by atoms with Crippen molar-refractivity contribution in [2.75, 3.05) is 37.4 Å². The monoisotopic (exact) mass is 448 g/mol. The minimum Gasteiger partial charge on any atom is -0.497 e. The summed E-state index contributed by atoms with van der Waals surface area (Å²) in [6, 6.07) is 14.8. The molecule has 0 heterocycles. The molecule has 1 N–H and O–H groups in total. The third-order valence-corrected chi connectivity index (χ3v) is 5.92. The Bertz CT molecular complexity index is 912. The van der Waals surface area contributed by atoms with Crippen LogP contribution < -0.4 is 19.1 Å². The largest absolute Gasteiger partial charge is 0.497 e. The van der Waals surface area contributed by atoms with Crippen LogP contribution in [0.4, 0.5) is 5.69 Å². The summed E-state index contributed by atoms with van der Waals surface area (Å²) in [5, 5.41) is 2.90. The number of anilines is 1. The van der Waals surface area contributed by atoms with Crippen LogP contribution in [0.2, 0.25) is 0 Å². The molecule has 0 atom stereocenters. The second-order valence-corrected chi connectivity index (χ2v) is 9.07. The van der Waals surface area contributed by atoms with Crippen LogP contribution >= 0.6 is 0 Å². The predicted octanol–water partition coefficient (Wildman–Crippen LogP) is 3.39. The summed E-state index contributed by atoms with van der Waals surface area (Å²) in [7, 11) is -1.89. The molecule has 7 nitrogen and oxygen atoms in total. The average molecular weight is 449 g/mol. The van der Waals surface area contributed by atoms with Crippen LogP contribution in [0.5, 0.6) is 11.5 Å². The highest BCUT2D eigenvalue weighted by molar-refractivity contribution is 7.92. The zero-order valence-corrected chi connectivity index (χ0v) is 19.3. The molecule has 2 aromatic carbocycles. The summed E-state index contributed by atoms with van der Waals surface area (Å²) in [4.78, 5) is 12.1. The summed E-state index contributed by atoms with van der Waals surface area (Å²) in [5.41, 5.74) is 1.75. The summed E-state index contributed by atoms with van der Waals surface area (Å²) in [6.07, 6.45) is 3.57. The number of benzene rings is 2. The third-order valence-electron chi connectivity index (χ3n) is 4.72. The van der Waals surface area contributed by atoms with Gasteiger partial charge in [-0.05, 0) is 68.1 Å². The third kappa shape index (κ3) is 8.49. The van der Waals surface area contributed by atoms with Gasteiger partial charge in [-0.3, -0.25) is 9.10 Å². The lowest BCUT2D eigenvalue weighted by atomic mass is 10.1. The molecule has 0 saturated carbocycles. The molecule has 2 aromatic rings. The number of hydrogen-bond donors (Lipinski definition) is 1. The van der Waals surface area contributed by atoms with Gasteiger partial charge in [0.05, 0.1) is 25.7 Å². The molecule has 0 bridgehead atoms. The fraction of sp³-hybridized carbons (Fsp3) is 0.435. The Morgan fingerprint density at radius 3 is 2.23 bits per heavy atom. The van der Waals surface area contributed by atoms with Crippen LogP contribution in [0.25, 0.3) is 0 Å². The van der Waals surface area contributed by atoms with Crippen LogP contribution in [0.1, 0.15) is 31.7 Å². The van der Waals surface area contributed by atoms with Crippen molar-refractivity contribution in [1.82, 2.24) is 5.32 Å². The van der Waals surface area contributed by atoms with E-state index in [0.717, 1.165) is 24.8 Å². The number of nitrogens with zero attached hydrogens (tertiary/aromatic N) is 1. The minimum atomic E-state index is -3.44. The Morgan fingerprint density at radius 1 is 1.00 bits per heavy atom. The van der Waals surface area contributed by atoms with Crippen molar-refractivity contribution >= 4 is 21.6 Å². The van der Waals surface area contributed by atoms with E-state index in [0.29, 0.717) is 31.0 Å². The first-order valence-electron chi connectivity index (χ1n) is 10.4. The molecular formula is C23H32N2O5S. The number of nitrogens with one attached hydrogen (secondary N) is 1. The van der Waals surface area contributed by atoms with Gasteiger partial charge >= 0.3 is 0 Å². The molecule has 0 fully saturated rings. The number of aryl methyl sites for hydroxylation is 1. The van der Waals surface area contributed by atoms with Crippen molar-refractivity contribution in [1.29, 1.82) is 0 Å². The molecule has 0 aliphatic heterocycles. The fourth-order valence-electron chi connectivity index (χ4n) is 3.15. The Balaban J connectivity index is 1.72. The van der Waals surface area contributed by atoms with Gasteiger partial charge in [0.15, 0.2) is 0 Å². The van der Waals surface area contributed by atoms with Crippen LogP contribution in [0.15, 0.2) is 48.5 Å². The average Bonchev–Trinajstić information content (AvgIpc) is 2.75. The summed E-state index contributed by atoms with van der Waals surface area (Å²) < 4.78 is 36.2. The van der Waals surface area contributed by atoms with Crippen LogP contribution in [0.3, 0.4) is 0 Å². The van der Waals surface area contributed by atoms with E-state index in [1.807, 2.05) is 31.2 Å². The van der Waals surface area contributed by atoms with Crippen molar-refractivity contribution < 1.29 is 22.7 Å². The first kappa shape index (κ1) is 24.5. The Hall–Kier alpha value is -2.74. The maximum Gasteiger partial charge on any atom is 0.232 e. The number of sulfonamides is 1. The Labute approximate surface area is 185 Å². The van der Waals surface area contributed by atoms with Crippen LogP contribution in [-0.2, 0) is 21.2 Å². The molecule has 2 rings (SSSR count). The highest BCUT2D eigenvalue weighted by Crippen LogP contribution is 2.22. The van der Waals surface area contributed by atoms with Gasteiger partial charge in [0.25, 0.3) is 0 Å². The number of methoxy groups -OCH3 is 1. The number of carbonyl (C=O) groups excluding carboxylic acids is 1. The molecule has 0 aliphatic carbocycles. The van der Waals surface area contributed by atoms with E-state index < -0.39 is 10.0 Å². The van der Waals surface area contributed by atoms with Gasteiger partial charge < -0.3 is 14.8 Å². The fourth-order valence-corrected chi connectivity index (χ4v) is 4.11. The van der Waals surface area contributed by atoms with E-state index in [1.54, 1.807) is 31.4 Å². The van der Waals surface area contributed by atoms with Crippen LogP contribution in [-0.4, -0.2) is 47.4 Å². The number of hydrogen-bond acceptors (Lipinski definition) is 5. The zero-order chi connectivity index (χ0) is 22.7. The van der Waals surface area contributed by atoms with Gasteiger partial charge in [0.1, 0.15) is 11.5 Å². The summed E-state index contributed by atoms with van der Waals surface area (Å²) >= 11 is 0. The van der Waals surface area contributed by atoms with Crippen LogP contribution in [0, 0.1) is 0 Å². The number of rotatable bonds is 13. The van der Waals surface area contributed by atoms with Crippen molar-refractivity contribution in [2.45, 2.75) is 32.6 Å². The van der Waals surface area contributed by atoms with Gasteiger partial charge in [0.2, 0.25) is 15.9 Å². The standard InChI is InChI=1S/C23H32N2O5S/c1-4-30-22-13-9-19(10-14-22)7-5-17-24-23(26)8-6-18-25(31(3,27)28)20-11-15-21(29-2)16-12-20/h9-16H,4-8,17-18H2,1-3H3,(H,24,26). The SMILES string of the molecule is CCOc1ccc(CCCNC(=O)CCCN(c2ccc(OC)cc2)S(C)(=O)=O)cc1. The molecule has 0 spiro atoms. The van der Waals surface area contributed by atoms with E-state index in [2.05, 4.69) is 5.32 Å². The molecule has 0 aromatic heterocycles. The van der Waals surface area contributed by atoms with Crippen molar-refractivity contribution in [3.63, 3.8) is 0 Å². The van der Waals surface area contributed by atoms with E-state index in [-0.39, 0.29) is 18.9 Å². The highest BCUT2D eigenvalue weighted by Gasteiger charge is 2.17. The van der Waals surface area contributed by atoms with Crippen molar-refractivity contribution in [2.24, 2.45) is 0 Å². The smallest absolute Gasteiger partial charge is 0.232 e. The maximum absolute atomic E-state index is 12.2. The Kier molecular flexibility index (Phi) is 9.65. The lowest BCUT2D eigenvalue weighted by Crippen LogP contribution is -2.32. The number of amides is 1. The second-order valence-electron chi connectivity index (χ2n) is 7.17. The summed E-state index contributed by atoms with van der Waals surface area (Å²) in [5.74, 6) is 1.44. The van der Waals surface area contributed by atoms with E-state index in [9.17, 15) is 13.2 Å². The van der Waals surface area contributed by atoms with E-state index in [4.69, 9.17) is 9.47 Å². The molecule has 0 aliphatic rings. The Morgan fingerprint density at radius 2 is 1.65 bits per heavy atom. The molecule has 8 heteroatoms. The topological polar surface area (TPSA) is 84.9 Å². The van der Waals surface area contributed by atoms with Gasteiger partial charge in [-0.25, -0.2) is 8.42 Å². The molecule has 0 saturated heterocycles. The second kappa shape index (κ2) is 12.2. The van der Waals surface area contributed by atoms with Gasteiger partial charge in [-0.15, -0.1) is 0 Å². The lowest BCUT2D eigenvalue weighted by molar-refractivity contribution is -0.121. The highest BCUT2D eigenvalue weighted by atomic mass is 32.2. The molecule has 0 radical (unpaired) electrons. The van der Waals surface area contributed by atoms with E-state index >= 15 is 0 Å². The van der Waals surface area contributed by atoms with Gasteiger partial charge in [-0.1, -0.05) is 12.1 Å². The van der Waals surface area contributed by atoms with Crippen molar-refractivity contribution in [3.8, 4) is 11.5 Å². The summed E-state index contributed by atoms with van der Waals surface area (Å²) in [6.45, 7) is 3.42. The quantitative estimate of drug-likeness (QED) is 0.475.